The molecule has 1 rings (SSSR count). The van der Waals surface area contributed by atoms with E-state index < -0.39 is 6.10 Å². The van der Waals surface area contributed by atoms with Crippen molar-refractivity contribution in [3.8, 4) is 0 Å². The molecule has 0 bridgehead atoms. The molecular formula is C10H16BrN3O2. The zero-order valence-electron chi connectivity index (χ0n) is 9.90. The predicted octanol–water partition coefficient (Wildman–Crippen LogP) is 1.82. The number of ether oxygens (including phenoxy) is 1. The molecule has 1 aromatic heterocycles. The summed E-state index contributed by atoms with van der Waals surface area (Å²) in [4.78, 5) is 12.2. The Balaban J connectivity index is 2.99. The lowest BCUT2D eigenvalue weighted by Crippen LogP contribution is -2.31. The number of carbonyl (C=O) groups excluding carboxylic acids is 1. The van der Waals surface area contributed by atoms with Crippen molar-refractivity contribution in [3.63, 3.8) is 0 Å². The molecule has 0 amide bonds. The Bertz CT molecular complexity index is 357. The second kappa shape index (κ2) is 5.54. The van der Waals surface area contributed by atoms with Gasteiger partial charge >= 0.3 is 0 Å². The number of aromatic nitrogens is 3. The van der Waals surface area contributed by atoms with E-state index in [9.17, 15) is 4.79 Å². The van der Waals surface area contributed by atoms with Gasteiger partial charge in [-0.15, -0.1) is 5.10 Å². The van der Waals surface area contributed by atoms with Crippen LogP contribution in [-0.4, -0.2) is 33.5 Å². The number of aryl methyl sites for hydroxylation is 1. The van der Waals surface area contributed by atoms with Crippen molar-refractivity contribution in [1.82, 2.24) is 15.0 Å². The molecule has 90 valence electrons. The number of carbonyl (C=O) groups is 1. The van der Waals surface area contributed by atoms with Crippen LogP contribution in [0.4, 0.5) is 0 Å². The molecule has 0 N–H and O–H groups in total. The van der Waals surface area contributed by atoms with Crippen molar-refractivity contribution < 1.29 is 9.53 Å². The van der Waals surface area contributed by atoms with Crippen LogP contribution >= 0.6 is 15.9 Å². The zero-order chi connectivity index (χ0) is 12.3. The third kappa shape index (κ3) is 2.68. The molecular weight excluding hydrogens is 274 g/mol. The number of hydrogen-bond donors (Lipinski definition) is 0. The highest BCUT2D eigenvalue weighted by molar-refractivity contribution is 9.10. The highest BCUT2D eigenvalue weighted by Crippen LogP contribution is 2.18. The Morgan fingerprint density at radius 3 is 2.56 bits per heavy atom. The Morgan fingerprint density at radius 2 is 2.19 bits per heavy atom. The maximum absolute atomic E-state index is 12.2. The van der Waals surface area contributed by atoms with Gasteiger partial charge in [-0.05, 0) is 28.8 Å². The van der Waals surface area contributed by atoms with Gasteiger partial charge in [-0.25, -0.2) is 4.68 Å². The Morgan fingerprint density at radius 1 is 1.56 bits per heavy atom. The highest BCUT2D eigenvalue weighted by atomic mass is 79.9. The molecule has 0 aliphatic rings. The summed E-state index contributed by atoms with van der Waals surface area (Å²) in [6.45, 7) is 6.29. The topological polar surface area (TPSA) is 57.0 Å². The fraction of sp³-hybridized carbons (Fsp3) is 0.700. The number of ketones is 1. The molecule has 0 aromatic carbocycles. The molecule has 1 atom stereocenters. The minimum atomic E-state index is -0.446. The summed E-state index contributed by atoms with van der Waals surface area (Å²) >= 11 is 3.22. The molecule has 0 radical (unpaired) electrons. The molecule has 0 saturated carbocycles. The second-order valence-electron chi connectivity index (χ2n) is 3.84. The van der Waals surface area contributed by atoms with E-state index in [1.54, 1.807) is 7.05 Å². The van der Waals surface area contributed by atoms with Crippen LogP contribution in [0, 0.1) is 5.92 Å². The van der Waals surface area contributed by atoms with Gasteiger partial charge in [-0.1, -0.05) is 19.1 Å². The number of nitrogens with zero attached hydrogens (tertiary/aromatic N) is 3. The Labute approximate surface area is 103 Å². The van der Waals surface area contributed by atoms with Gasteiger partial charge in [0.25, 0.3) is 0 Å². The summed E-state index contributed by atoms with van der Waals surface area (Å²) in [5.74, 6) is 0.0328. The summed E-state index contributed by atoms with van der Waals surface area (Å²) in [5, 5.41) is 7.57. The molecule has 0 aliphatic heterocycles. The van der Waals surface area contributed by atoms with Crippen molar-refractivity contribution in [1.29, 1.82) is 0 Å². The minimum Gasteiger partial charge on any atom is -0.370 e. The SMILES string of the molecule is CCOC(C(=O)c1c(Br)nnn1C)C(C)C. The van der Waals surface area contributed by atoms with E-state index >= 15 is 0 Å². The van der Waals surface area contributed by atoms with Gasteiger partial charge in [0.05, 0.1) is 0 Å². The maximum Gasteiger partial charge on any atom is 0.212 e. The first-order chi connectivity index (χ1) is 7.49. The van der Waals surface area contributed by atoms with Gasteiger partial charge in [0.2, 0.25) is 5.78 Å². The number of hydrogen-bond acceptors (Lipinski definition) is 4. The Hall–Kier alpha value is -0.750. The lowest BCUT2D eigenvalue weighted by molar-refractivity contribution is 0.0271. The van der Waals surface area contributed by atoms with Crippen LogP contribution in [0.1, 0.15) is 31.3 Å². The van der Waals surface area contributed by atoms with E-state index in [0.717, 1.165) is 0 Å². The fourth-order valence-corrected chi connectivity index (χ4v) is 2.00. The molecule has 0 fully saturated rings. The van der Waals surface area contributed by atoms with Gasteiger partial charge in [0.1, 0.15) is 11.8 Å². The molecule has 1 heterocycles. The van der Waals surface area contributed by atoms with Crippen molar-refractivity contribution in [3.05, 3.63) is 10.3 Å². The van der Waals surface area contributed by atoms with Crippen LogP contribution in [0.5, 0.6) is 0 Å². The van der Waals surface area contributed by atoms with Crippen LogP contribution in [0.25, 0.3) is 0 Å². The second-order valence-corrected chi connectivity index (χ2v) is 4.59. The van der Waals surface area contributed by atoms with Crippen molar-refractivity contribution in [2.45, 2.75) is 26.9 Å². The van der Waals surface area contributed by atoms with Crippen LogP contribution in [0.3, 0.4) is 0 Å². The summed E-state index contributed by atoms with van der Waals surface area (Å²) in [7, 11) is 1.69. The standard InChI is InChI=1S/C10H16BrN3O2/c1-5-16-9(6(2)3)8(15)7-10(11)12-13-14(7)4/h6,9H,5H2,1-4H3. The molecule has 1 aromatic rings. The normalized spacial score (nSPS) is 13.1. The van der Waals surface area contributed by atoms with Crippen LogP contribution in [0.15, 0.2) is 4.60 Å². The van der Waals surface area contributed by atoms with E-state index in [2.05, 4.69) is 26.2 Å². The third-order valence-electron chi connectivity index (χ3n) is 2.23. The van der Waals surface area contributed by atoms with E-state index in [0.29, 0.717) is 16.9 Å². The van der Waals surface area contributed by atoms with Crippen molar-refractivity contribution >= 4 is 21.7 Å². The van der Waals surface area contributed by atoms with Crippen LogP contribution in [0.2, 0.25) is 0 Å². The highest BCUT2D eigenvalue weighted by Gasteiger charge is 2.28. The molecule has 6 heteroatoms. The van der Waals surface area contributed by atoms with Crippen molar-refractivity contribution in [2.75, 3.05) is 6.61 Å². The van der Waals surface area contributed by atoms with E-state index in [-0.39, 0.29) is 11.7 Å². The van der Waals surface area contributed by atoms with Gasteiger partial charge in [-0.2, -0.15) is 0 Å². The molecule has 16 heavy (non-hydrogen) atoms. The van der Waals surface area contributed by atoms with Gasteiger partial charge < -0.3 is 4.74 Å². The minimum absolute atomic E-state index is 0.0868. The van der Waals surface area contributed by atoms with E-state index in [1.807, 2.05) is 20.8 Å². The molecule has 0 spiro atoms. The summed E-state index contributed by atoms with van der Waals surface area (Å²) in [6.07, 6.45) is -0.446. The average Bonchev–Trinajstić information content (AvgIpc) is 2.54. The quantitative estimate of drug-likeness (QED) is 0.776. The van der Waals surface area contributed by atoms with Crippen molar-refractivity contribution in [2.24, 2.45) is 13.0 Å². The first-order valence-corrected chi connectivity index (χ1v) is 5.99. The summed E-state index contributed by atoms with van der Waals surface area (Å²) in [6, 6.07) is 0. The van der Waals surface area contributed by atoms with Gasteiger partial charge in [-0.3, -0.25) is 4.79 Å². The zero-order valence-corrected chi connectivity index (χ0v) is 11.5. The molecule has 0 aliphatic carbocycles. The number of rotatable bonds is 5. The molecule has 1 unspecified atom stereocenters. The largest absolute Gasteiger partial charge is 0.370 e. The predicted molar refractivity (Wildman–Crippen MR) is 63.3 cm³/mol. The number of Topliss-reactive ketones (excluding diaryl/α,β-unsaturated/α-hetero) is 1. The number of halogens is 1. The monoisotopic (exact) mass is 289 g/mol. The average molecular weight is 290 g/mol. The molecule has 5 nitrogen and oxygen atoms in total. The van der Waals surface area contributed by atoms with Crippen LogP contribution < -0.4 is 0 Å². The molecule has 0 saturated heterocycles. The van der Waals surface area contributed by atoms with E-state index in [1.165, 1.54) is 4.68 Å². The van der Waals surface area contributed by atoms with Gasteiger partial charge in [0.15, 0.2) is 4.60 Å². The summed E-state index contributed by atoms with van der Waals surface area (Å²) in [5.41, 5.74) is 0.451. The maximum atomic E-state index is 12.2. The van der Waals surface area contributed by atoms with E-state index in [4.69, 9.17) is 4.74 Å². The first kappa shape index (κ1) is 13.3. The Kier molecular flexibility index (Phi) is 4.61. The fourth-order valence-electron chi connectivity index (χ4n) is 1.48. The van der Waals surface area contributed by atoms with Crippen LogP contribution in [-0.2, 0) is 11.8 Å². The summed E-state index contributed by atoms with van der Waals surface area (Å²) < 4.78 is 7.38. The first-order valence-electron chi connectivity index (χ1n) is 5.20. The lowest BCUT2D eigenvalue weighted by atomic mass is 10.0. The lowest BCUT2D eigenvalue weighted by Gasteiger charge is -2.19. The van der Waals surface area contributed by atoms with Gasteiger partial charge in [0, 0.05) is 13.7 Å². The third-order valence-corrected chi connectivity index (χ3v) is 2.76. The smallest absolute Gasteiger partial charge is 0.212 e.